The van der Waals surface area contributed by atoms with Crippen LogP contribution in [0.5, 0.6) is 11.5 Å². The summed E-state index contributed by atoms with van der Waals surface area (Å²) in [6.07, 6.45) is 0.0241. The van der Waals surface area contributed by atoms with Crippen molar-refractivity contribution in [2.24, 2.45) is 11.7 Å². The van der Waals surface area contributed by atoms with Gasteiger partial charge in [0.25, 0.3) is 0 Å². The molecule has 1 aromatic rings. The van der Waals surface area contributed by atoms with Gasteiger partial charge in [0.2, 0.25) is 5.91 Å². The number of ether oxygens (including phenoxy) is 2. The molecule has 1 aromatic carbocycles. The number of carbonyl (C=O) groups excluding carboxylic acids is 1. The van der Waals surface area contributed by atoms with Crippen molar-refractivity contribution in [2.45, 2.75) is 26.9 Å². The van der Waals surface area contributed by atoms with Crippen molar-refractivity contribution in [1.29, 1.82) is 0 Å². The van der Waals surface area contributed by atoms with Gasteiger partial charge in [-0.15, -0.1) is 12.4 Å². The molecule has 0 bridgehead atoms. The number of carbonyl (C=O) groups is 1. The summed E-state index contributed by atoms with van der Waals surface area (Å²) in [6.45, 7) is 5.94. The van der Waals surface area contributed by atoms with Crippen LogP contribution in [0.2, 0.25) is 0 Å². The number of methoxy groups -OCH3 is 1. The number of nitrogens with one attached hydrogen (secondary N) is 1. The minimum Gasteiger partial charge on any atom is -0.497 e. The zero-order valence-electron chi connectivity index (χ0n) is 12.3. The first-order valence-corrected chi connectivity index (χ1v) is 6.33. The first-order chi connectivity index (χ1) is 8.97. The first kappa shape index (κ1) is 18.5. The summed E-state index contributed by atoms with van der Waals surface area (Å²) >= 11 is 0. The molecule has 0 fully saturated rings. The predicted octanol–water partition coefficient (Wildman–Crippen LogP) is 2.44. The van der Waals surface area contributed by atoms with Crippen LogP contribution in [0.3, 0.4) is 0 Å². The van der Waals surface area contributed by atoms with Crippen molar-refractivity contribution in [3.63, 3.8) is 0 Å². The molecule has 6 heteroatoms. The molecule has 0 aromatic heterocycles. The fraction of sp³-hybridized carbons (Fsp3) is 0.500. The maximum atomic E-state index is 11.9. The Labute approximate surface area is 126 Å². The maximum Gasteiger partial charge on any atom is 0.228 e. The number of hydrogen-bond donors (Lipinski definition) is 2. The van der Waals surface area contributed by atoms with Crippen LogP contribution < -0.4 is 20.5 Å². The Balaban J connectivity index is 0.00000361. The van der Waals surface area contributed by atoms with Gasteiger partial charge < -0.3 is 20.5 Å². The number of nitrogens with two attached hydrogens (primary N) is 1. The molecule has 1 amide bonds. The van der Waals surface area contributed by atoms with E-state index in [0.717, 1.165) is 0 Å². The Morgan fingerprint density at radius 1 is 1.35 bits per heavy atom. The molecule has 5 nitrogen and oxygen atoms in total. The molecule has 3 N–H and O–H groups in total. The minimum absolute atomic E-state index is 0. The van der Waals surface area contributed by atoms with Crippen molar-refractivity contribution in [1.82, 2.24) is 0 Å². The number of anilines is 1. The molecule has 0 aliphatic heterocycles. The van der Waals surface area contributed by atoms with E-state index in [-0.39, 0.29) is 30.3 Å². The van der Waals surface area contributed by atoms with E-state index in [0.29, 0.717) is 23.7 Å². The largest absolute Gasteiger partial charge is 0.497 e. The summed E-state index contributed by atoms with van der Waals surface area (Å²) in [6, 6.07) is 5.31. The normalized spacial score (nSPS) is 11.5. The van der Waals surface area contributed by atoms with Gasteiger partial charge in [0.1, 0.15) is 11.5 Å². The van der Waals surface area contributed by atoms with Crippen LogP contribution in [0.4, 0.5) is 5.69 Å². The molecule has 0 aliphatic carbocycles. The lowest BCUT2D eigenvalue weighted by Crippen LogP contribution is -2.27. The van der Waals surface area contributed by atoms with Gasteiger partial charge in [-0.2, -0.15) is 0 Å². The van der Waals surface area contributed by atoms with Crippen LogP contribution >= 0.6 is 12.4 Å². The molecule has 0 saturated carbocycles. The van der Waals surface area contributed by atoms with Crippen LogP contribution in [0.1, 0.15) is 20.8 Å². The predicted molar refractivity (Wildman–Crippen MR) is 82.9 cm³/mol. The molecule has 0 spiro atoms. The highest BCUT2D eigenvalue weighted by Crippen LogP contribution is 2.30. The number of halogens is 1. The summed E-state index contributed by atoms with van der Waals surface area (Å²) in [7, 11) is 1.58. The van der Waals surface area contributed by atoms with Gasteiger partial charge in [-0.25, -0.2) is 0 Å². The Morgan fingerprint density at radius 3 is 2.50 bits per heavy atom. The SMILES string of the molecule is COc1ccc(OC(C)C)c(NC(=O)C(C)CN)c1.Cl. The lowest BCUT2D eigenvalue weighted by atomic mass is 10.1. The van der Waals surface area contributed by atoms with Crippen molar-refractivity contribution < 1.29 is 14.3 Å². The third-order valence-corrected chi connectivity index (χ3v) is 2.61. The van der Waals surface area contributed by atoms with E-state index in [9.17, 15) is 4.79 Å². The molecule has 0 heterocycles. The summed E-state index contributed by atoms with van der Waals surface area (Å²) in [5.74, 6) is 0.891. The van der Waals surface area contributed by atoms with E-state index in [1.54, 1.807) is 32.2 Å². The van der Waals surface area contributed by atoms with E-state index in [2.05, 4.69) is 5.32 Å². The number of amides is 1. The smallest absolute Gasteiger partial charge is 0.228 e. The maximum absolute atomic E-state index is 11.9. The van der Waals surface area contributed by atoms with E-state index in [4.69, 9.17) is 15.2 Å². The van der Waals surface area contributed by atoms with E-state index in [1.165, 1.54) is 0 Å². The average Bonchev–Trinajstić information content (AvgIpc) is 2.39. The average molecular weight is 303 g/mol. The third-order valence-electron chi connectivity index (χ3n) is 2.61. The zero-order chi connectivity index (χ0) is 14.4. The lowest BCUT2D eigenvalue weighted by Gasteiger charge is -2.17. The molecule has 1 rings (SSSR count). The van der Waals surface area contributed by atoms with Crippen LogP contribution in [-0.2, 0) is 4.79 Å². The van der Waals surface area contributed by atoms with Gasteiger partial charge >= 0.3 is 0 Å². The van der Waals surface area contributed by atoms with Gasteiger partial charge in [-0.05, 0) is 26.0 Å². The highest BCUT2D eigenvalue weighted by atomic mass is 35.5. The highest BCUT2D eigenvalue weighted by molar-refractivity contribution is 5.94. The summed E-state index contributed by atoms with van der Waals surface area (Å²) in [5, 5.41) is 2.82. The number of hydrogen-bond acceptors (Lipinski definition) is 4. The summed E-state index contributed by atoms with van der Waals surface area (Å²) in [5.41, 5.74) is 6.08. The molecule has 0 saturated heterocycles. The van der Waals surface area contributed by atoms with Gasteiger partial charge in [-0.1, -0.05) is 6.92 Å². The first-order valence-electron chi connectivity index (χ1n) is 6.33. The second-order valence-electron chi connectivity index (χ2n) is 4.65. The molecular formula is C14H23ClN2O3. The van der Waals surface area contributed by atoms with Gasteiger partial charge in [0.05, 0.1) is 18.9 Å². The molecule has 1 unspecified atom stereocenters. The molecule has 0 radical (unpaired) electrons. The van der Waals surface area contributed by atoms with Crippen LogP contribution in [-0.4, -0.2) is 25.7 Å². The second kappa shape index (κ2) is 8.66. The summed E-state index contributed by atoms with van der Waals surface area (Å²) in [4.78, 5) is 11.9. The molecule has 0 aliphatic rings. The van der Waals surface area contributed by atoms with Crippen molar-refractivity contribution in [3.05, 3.63) is 18.2 Å². The third kappa shape index (κ3) is 5.27. The Kier molecular flexibility index (Phi) is 8.03. The Bertz CT molecular complexity index is 438. The fourth-order valence-electron chi connectivity index (χ4n) is 1.45. The van der Waals surface area contributed by atoms with Gasteiger partial charge in [0.15, 0.2) is 0 Å². The van der Waals surface area contributed by atoms with Crippen molar-refractivity contribution in [3.8, 4) is 11.5 Å². The second-order valence-corrected chi connectivity index (χ2v) is 4.65. The number of benzene rings is 1. The Morgan fingerprint density at radius 2 is 2.00 bits per heavy atom. The topological polar surface area (TPSA) is 73.6 Å². The lowest BCUT2D eigenvalue weighted by molar-refractivity contribution is -0.119. The van der Waals surface area contributed by atoms with Gasteiger partial charge in [-0.3, -0.25) is 4.79 Å². The molecule has 20 heavy (non-hydrogen) atoms. The quantitative estimate of drug-likeness (QED) is 0.846. The monoisotopic (exact) mass is 302 g/mol. The van der Waals surface area contributed by atoms with E-state index >= 15 is 0 Å². The van der Waals surface area contributed by atoms with Crippen molar-refractivity contribution >= 4 is 24.0 Å². The number of rotatable bonds is 6. The molecule has 1 atom stereocenters. The fourth-order valence-corrected chi connectivity index (χ4v) is 1.45. The van der Waals surface area contributed by atoms with Crippen molar-refractivity contribution in [2.75, 3.05) is 19.0 Å². The van der Waals surface area contributed by atoms with Gasteiger partial charge in [0, 0.05) is 18.5 Å². The molecular weight excluding hydrogens is 280 g/mol. The minimum atomic E-state index is -0.252. The highest BCUT2D eigenvalue weighted by Gasteiger charge is 2.15. The Hall–Kier alpha value is -1.46. The van der Waals surface area contributed by atoms with Crippen LogP contribution in [0.15, 0.2) is 18.2 Å². The summed E-state index contributed by atoms with van der Waals surface area (Å²) < 4.78 is 10.8. The van der Waals surface area contributed by atoms with Crippen LogP contribution in [0.25, 0.3) is 0 Å². The van der Waals surface area contributed by atoms with E-state index in [1.807, 2.05) is 13.8 Å². The zero-order valence-corrected chi connectivity index (χ0v) is 13.1. The van der Waals surface area contributed by atoms with Crippen LogP contribution in [0, 0.1) is 5.92 Å². The van der Waals surface area contributed by atoms with E-state index < -0.39 is 0 Å². The molecule has 114 valence electrons. The standard InChI is InChI=1S/C14H22N2O3.ClH/c1-9(2)19-13-6-5-11(18-4)7-12(13)16-14(17)10(3)8-15;/h5-7,9-10H,8,15H2,1-4H3,(H,16,17);1H.